The van der Waals surface area contributed by atoms with Gasteiger partial charge in [0.05, 0.1) is 6.54 Å². The molecule has 2 N–H and O–H groups in total. The smallest absolute Gasteiger partial charge is 0.339 e. The predicted octanol–water partition coefficient (Wildman–Crippen LogP) is 2.85. The van der Waals surface area contributed by atoms with Crippen molar-refractivity contribution in [3.05, 3.63) is 53.2 Å². The highest BCUT2D eigenvalue weighted by molar-refractivity contribution is 6.02. The highest BCUT2D eigenvalue weighted by Gasteiger charge is 2.14. The zero-order valence-electron chi connectivity index (χ0n) is 10.9. The van der Waals surface area contributed by atoms with Gasteiger partial charge in [-0.25, -0.2) is 9.78 Å². The number of nitrogens with one attached hydrogen (secondary N) is 1. The molecule has 0 spiro atoms. The van der Waals surface area contributed by atoms with E-state index >= 15 is 0 Å². The van der Waals surface area contributed by atoms with Gasteiger partial charge in [0.2, 0.25) is 0 Å². The molecule has 100 valence electrons. The van der Waals surface area contributed by atoms with Crippen LogP contribution in [-0.2, 0) is 6.54 Å². The lowest BCUT2D eigenvalue weighted by Crippen LogP contribution is -2.04. The van der Waals surface area contributed by atoms with Gasteiger partial charge in [0.15, 0.2) is 0 Å². The Morgan fingerprint density at radius 2 is 2.20 bits per heavy atom. The van der Waals surface area contributed by atoms with Crippen LogP contribution in [0.5, 0.6) is 0 Å². The standard InChI is InChI=1S/C15H13N3O2/c1-9-12-5-4-11(7-10(12)8-17-9)18-14-13(15(19)20)3-2-6-16-14/h2-7H,8H2,1H3,(H,16,18)(H,19,20). The molecule has 3 rings (SSSR count). The third-order valence-corrected chi connectivity index (χ3v) is 3.28. The summed E-state index contributed by atoms with van der Waals surface area (Å²) in [5.41, 5.74) is 4.29. The van der Waals surface area contributed by atoms with Crippen LogP contribution in [0.2, 0.25) is 0 Å². The zero-order chi connectivity index (χ0) is 14.1. The second-order valence-corrected chi connectivity index (χ2v) is 4.60. The van der Waals surface area contributed by atoms with Gasteiger partial charge in [0.1, 0.15) is 11.4 Å². The molecule has 5 heteroatoms. The van der Waals surface area contributed by atoms with Crippen molar-refractivity contribution < 1.29 is 9.90 Å². The summed E-state index contributed by atoms with van der Waals surface area (Å²) >= 11 is 0. The molecule has 0 radical (unpaired) electrons. The van der Waals surface area contributed by atoms with E-state index in [-0.39, 0.29) is 5.56 Å². The first kappa shape index (κ1) is 12.3. The van der Waals surface area contributed by atoms with Gasteiger partial charge in [-0.3, -0.25) is 4.99 Å². The fourth-order valence-corrected chi connectivity index (χ4v) is 2.26. The summed E-state index contributed by atoms with van der Waals surface area (Å²) in [4.78, 5) is 19.6. The first-order valence-electron chi connectivity index (χ1n) is 6.25. The first-order chi connectivity index (χ1) is 9.65. The number of aromatic nitrogens is 1. The molecule has 0 bridgehead atoms. The summed E-state index contributed by atoms with van der Waals surface area (Å²) in [6, 6.07) is 9.01. The third kappa shape index (κ3) is 2.14. The van der Waals surface area contributed by atoms with Gasteiger partial charge in [-0.05, 0) is 36.8 Å². The maximum atomic E-state index is 11.1. The van der Waals surface area contributed by atoms with Gasteiger partial charge in [-0.15, -0.1) is 0 Å². The topological polar surface area (TPSA) is 74.6 Å². The van der Waals surface area contributed by atoms with E-state index in [0.717, 1.165) is 22.5 Å². The van der Waals surface area contributed by atoms with Gasteiger partial charge in [0, 0.05) is 23.2 Å². The van der Waals surface area contributed by atoms with Crippen molar-refractivity contribution in [1.29, 1.82) is 0 Å². The van der Waals surface area contributed by atoms with E-state index in [1.54, 1.807) is 12.3 Å². The molecule has 2 heterocycles. The molecule has 0 unspecified atom stereocenters. The molecule has 1 aromatic heterocycles. The molecule has 20 heavy (non-hydrogen) atoms. The van der Waals surface area contributed by atoms with Crippen LogP contribution in [0.15, 0.2) is 41.5 Å². The number of pyridine rings is 1. The molecule has 0 aliphatic carbocycles. The second-order valence-electron chi connectivity index (χ2n) is 4.60. The Bertz CT molecular complexity index is 723. The van der Waals surface area contributed by atoms with Crippen LogP contribution in [0.3, 0.4) is 0 Å². The van der Waals surface area contributed by atoms with E-state index in [1.165, 1.54) is 6.07 Å². The SMILES string of the molecule is CC1=NCc2cc(Nc3ncccc3C(=O)O)ccc21. The monoisotopic (exact) mass is 267 g/mol. The number of aromatic carboxylic acids is 1. The van der Waals surface area contributed by atoms with Crippen molar-refractivity contribution in [2.24, 2.45) is 4.99 Å². The van der Waals surface area contributed by atoms with Crippen molar-refractivity contribution in [3.63, 3.8) is 0 Å². The molecule has 0 atom stereocenters. The summed E-state index contributed by atoms with van der Waals surface area (Å²) in [5, 5.41) is 12.2. The molecule has 0 saturated heterocycles. The first-order valence-corrected chi connectivity index (χ1v) is 6.25. The van der Waals surface area contributed by atoms with E-state index in [4.69, 9.17) is 5.11 Å². The molecular formula is C15H13N3O2. The lowest BCUT2D eigenvalue weighted by Gasteiger charge is -2.09. The number of benzene rings is 1. The van der Waals surface area contributed by atoms with E-state index in [9.17, 15) is 4.79 Å². The maximum Gasteiger partial charge on any atom is 0.339 e. The molecule has 1 aromatic carbocycles. The minimum Gasteiger partial charge on any atom is -0.478 e. The molecule has 0 amide bonds. The third-order valence-electron chi connectivity index (χ3n) is 3.28. The van der Waals surface area contributed by atoms with Gasteiger partial charge >= 0.3 is 5.97 Å². The minimum atomic E-state index is -0.999. The number of anilines is 2. The summed E-state index contributed by atoms with van der Waals surface area (Å²) in [6.45, 7) is 2.66. The van der Waals surface area contributed by atoms with Crippen molar-refractivity contribution in [1.82, 2.24) is 4.98 Å². The van der Waals surface area contributed by atoms with Crippen LogP contribution in [0.25, 0.3) is 0 Å². The number of carbonyl (C=O) groups is 1. The molecule has 2 aromatic rings. The van der Waals surface area contributed by atoms with E-state index in [1.807, 2.05) is 25.1 Å². The molecule has 1 aliphatic heterocycles. The number of hydrogen-bond donors (Lipinski definition) is 2. The number of fused-ring (bicyclic) bond motifs is 1. The quantitative estimate of drug-likeness (QED) is 0.896. The Labute approximate surface area is 116 Å². The highest BCUT2D eigenvalue weighted by atomic mass is 16.4. The van der Waals surface area contributed by atoms with Crippen LogP contribution in [0, 0.1) is 0 Å². The zero-order valence-corrected chi connectivity index (χ0v) is 10.9. The Morgan fingerprint density at radius 3 is 3.00 bits per heavy atom. The Kier molecular flexibility index (Phi) is 2.95. The largest absolute Gasteiger partial charge is 0.478 e. The number of carboxylic acid groups (broad SMARTS) is 1. The summed E-state index contributed by atoms with van der Waals surface area (Å²) in [5.74, 6) is -0.656. The van der Waals surface area contributed by atoms with Gasteiger partial charge in [-0.1, -0.05) is 6.07 Å². The van der Waals surface area contributed by atoms with Crippen molar-refractivity contribution >= 4 is 23.2 Å². The summed E-state index contributed by atoms with van der Waals surface area (Å²) in [7, 11) is 0. The molecule has 1 aliphatic rings. The fraction of sp³-hybridized carbons (Fsp3) is 0.133. The minimum absolute atomic E-state index is 0.153. The lowest BCUT2D eigenvalue weighted by atomic mass is 10.1. The average molecular weight is 267 g/mol. The van der Waals surface area contributed by atoms with Crippen LogP contribution in [-0.4, -0.2) is 21.8 Å². The van der Waals surface area contributed by atoms with Gasteiger partial charge < -0.3 is 10.4 Å². The van der Waals surface area contributed by atoms with Crippen molar-refractivity contribution in [2.75, 3.05) is 5.32 Å². The van der Waals surface area contributed by atoms with E-state index in [0.29, 0.717) is 12.4 Å². The lowest BCUT2D eigenvalue weighted by molar-refractivity contribution is 0.0697. The Balaban J connectivity index is 1.92. The normalized spacial score (nSPS) is 12.8. The van der Waals surface area contributed by atoms with Crippen LogP contribution >= 0.6 is 0 Å². The van der Waals surface area contributed by atoms with Crippen LogP contribution < -0.4 is 5.32 Å². The number of nitrogens with zero attached hydrogens (tertiary/aromatic N) is 2. The maximum absolute atomic E-state index is 11.1. The molecule has 0 saturated carbocycles. The molecule has 0 fully saturated rings. The van der Waals surface area contributed by atoms with Crippen molar-refractivity contribution in [3.8, 4) is 0 Å². The van der Waals surface area contributed by atoms with E-state index in [2.05, 4.69) is 15.3 Å². The fourth-order valence-electron chi connectivity index (χ4n) is 2.26. The Hall–Kier alpha value is -2.69. The second kappa shape index (κ2) is 4.77. The number of aliphatic imine (C=N–C) groups is 1. The van der Waals surface area contributed by atoms with E-state index < -0.39 is 5.97 Å². The average Bonchev–Trinajstić information content (AvgIpc) is 2.80. The van der Waals surface area contributed by atoms with Gasteiger partial charge in [0.25, 0.3) is 0 Å². The Morgan fingerprint density at radius 1 is 1.35 bits per heavy atom. The highest BCUT2D eigenvalue weighted by Crippen LogP contribution is 2.25. The number of hydrogen-bond acceptors (Lipinski definition) is 4. The molecule has 5 nitrogen and oxygen atoms in total. The summed E-state index contributed by atoms with van der Waals surface area (Å²) < 4.78 is 0. The van der Waals surface area contributed by atoms with Crippen LogP contribution in [0.1, 0.15) is 28.4 Å². The molecular weight excluding hydrogens is 254 g/mol. The predicted molar refractivity (Wildman–Crippen MR) is 76.8 cm³/mol. The van der Waals surface area contributed by atoms with Crippen LogP contribution in [0.4, 0.5) is 11.5 Å². The summed E-state index contributed by atoms with van der Waals surface area (Å²) in [6.07, 6.45) is 1.56. The van der Waals surface area contributed by atoms with Crippen molar-refractivity contribution in [2.45, 2.75) is 13.5 Å². The number of rotatable bonds is 3. The number of carboxylic acids is 1. The van der Waals surface area contributed by atoms with Gasteiger partial charge in [-0.2, -0.15) is 0 Å².